The summed E-state index contributed by atoms with van der Waals surface area (Å²) in [5.41, 5.74) is 14.6. The van der Waals surface area contributed by atoms with E-state index in [-0.39, 0.29) is 5.92 Å². The molecule has 1 aliphatic carbocycles. The predicted octanol–water partition coefficient (Wildman–Crippen LogP) is 15.9. The number of furan rings is 1. The largest absolute Gasteiger partial charge is 0.456 e. The Bertz CT molecular complexity index is 3510. The third-order valence-electron chi connectivity index (χ3n) is 12.5. The van der Waals surface area contributed by atoms with Crippen molar-refractivity contribution in [1.29, 1.82) is 0 Å². The average molecular weight is 781 g/mol. The summed E-state index contributed by atoms with van der Waals surface area (Å²) in [6, 6.07) is 74.5. The molecule has 0 fully saturated rings. The first-order valence-electron chi connectivity index (χ1n) is 21.1. The van der Waals surface area contributed by atoms with Gasteiger partial charge in [0.15, 0.2) is 0 Å². The van der Waals surface area contributed by atoms with E-state index in [1.807, 2.05) is 0 Å². The zero-order valence-corrected chi connectivity index (χ0v) is 33.4. The van der Waals surface area contributed by atoms with Crippen LogP contribution in [0.2, 0.25) is 0 Å². The van der Waals surface area contributed by atoms with E-state index in [2.05, 4.69) is 234 Å². The molecule has 61 heavy (non-hydrogen) atoms. The van der Waals surface area contributed by atoms with Gasteiger partial charge in [-0.1, -0.05) is 182 Å². The number of benzene rings is 9. The summed E-state index contributed by atoms with van der Waals surface area (Å²) in [4.78, 5) is 2.52. The van der Waals surface area contributed by atoms with Crippen molar-refractivity contribution in [1.82, 2.24) is 4.57 Å². The number of hydrogen-bond donors (Lipinski definition) is 0. The molecule has 0 aliphatic heterocycles. The van der Waals surface area contributed by atoms with Crippen molar-refractivity contribution in [3.8, 4) is 27.9 Å². The summed E-state index contributed by atoms with van der Waals surface area (Å²) in [7, 11) is 0. The number of nitrogens with zero attached hydrogens (tertiary/aromatic N) is 2. The quantitative estimate of drug-likeness (QED) is 0.161. The highest BCUT2D eigenvalue weighted by Gasteiger charge is 2.27. The molecular weight excluding hydrogens is 741 g/mol. The van der Waals surface area contributed by atoms with Gasteiger partial charge in [-0.2, -0.15) is 0 Å². The van der Waals surface area contributed by atoms with Crippen molar-refractivity contribution in [2.24, 2.45) is 0 Å². The minimum Gasteiger partial charge on any atom is -0.456 e. The van der Waals surface area contributed by atoms with Crippen molar-refractivity contribution in [3.05, 3.63) is 236 Å². The molecule has 1 unspecified atom stereocenters. The van der Waals surface area contributed by atoms with Crippen LogP contribution in [0.5, 0.6) is 0 Å². The monoisotopic (exact) mass is 780 g/mol. The Morgan fingerprint density at radius 3 is 2.00 bits per heavy atom. The number of rotatable bonds is 7. The summed E-state index contributed by atoms with van der Waals surface area (Å²) in [6.45, 7) is 0. The Morgan fingerprint density at radius 2 is 1.13 bits per heavy atom. The summed E-state index contributed by atoms with van der Waals surface area (Å²) in [6.07, 6.45) is 7.99. The molecule has 288 valence electrons. The lowest BCUT2D eigenvalue weighted by Gasteiger charge is -2.32. The van der Waals surface area contributed by atoms with E-state index < -0.39 is 0 Å². The number of aromatic nitrogens is 1. The van der Waals surface area contributed by atoms with Crippen LogP contribution in [0.4, 0.5) is 11.4 Å². The predicted molar refractivity (Wildman–Crippen MR) is 256 cm³/mol. The molecular formula is C58H40N2O. The van der Waals surface area contributed by atoms with E-state index >= 15 is 0 Å². The van der Waals surface area contributed by atoms with Gasteiger partial charge in [0.05, 0.1) is 22.4 Å². The van der Waals surface area contributed by atoms with Crippen LogP contribution in [0.25, 0.3) is 82.5 Å². The molecule has 0 radical (unpaired) electrons. The van der Waals surface area contributed by atoms with Gasteiger partial charge in [-0.3, -0.25) is 0 Å². The first kappa shape index (κ1) is 35.1. The topological polar surface area (TPSA) is 21.3 Å². The van der Waals surface area contributed by atoms with E-state index in [0.29, 0.717) is 0 Å². The highest BCUT2D eigenvalue weighted by Crippen LogP contribution is 2.48. The fourth-order valence-electron chi connectivity index (χ4n) is 9.85. The van der Waals surface area contributed by atoms with Crippen molar-refractivity contribution in [2.75, 3.05) is 4.90 Å². The third kappa shape index (κ3) is 5.73. The van der Waals surface area contributed by atoms with Crippen molar-refractivity contribution < 1.29 is 4.42 Å². The maximum absolute atomic E-state index is 6.65. The standard InChI is InChI=1S/C58H40N2O/c1-3-18-39(19-4-1)44-29-14-20-40-21-15-31-49(56(40)44)46-26-7-10-34-52(46)59(43-25-13-22-41(38-43)45-30-16-33-51-48-28-9-12-37-55(48)61-58(45)51)54-36-17-32-50-47-27-8-11-35-53(47)60(57(50)54)42-23-5-2-6-24-42/h1-21,23-38,41H,22H2. The summed E-state index contributed by atoms with van der Waals surface area (Å²) < 4.78 is 9.10. The number of allylic oxidation sites excluding steroid dienone is 3. The zero-order valence-electron chi connectivity index (χ0n) is 33.4. The lowest BCUT2D eigenvalue weighted by atomic mass is 9.88. The maximum atomic E-state index is 6.65. The molecule has 2 aromatic heterocycles. The van der Waals surface area contributed by atoms with Crippen LogP contribution in [-0.2, 0) is 0 Å². The van der Waals surface area contributed by atoms with E-state index in [4.69, 9.17) is 4.42 Å². The molecule has 3 nitrogen and oxygen atoms in total. The smallest absolute Gasteiger partial charge is 0.139 e. The maximum Gasteiger partial charge on any atom is 0.139 e. The van der Waals surface area contributed by atoms with Crippen molar-refractivity contribution in [3.63, 3.8) is 0 Å². The van der Waals surface area contributed by atoms with E-state index in [1.54, 1.807) is 0 Å². The minimum atomic E-state index is 0.0837. The number of anilines is 2. The molecule has 0 saturated carbocycles. The lowest BCUT2D eigenvalue weighted by molar-refractivity contribution is 0.657. The molecule has 12 rings (SSSR count). The normalized spacial score (nSPS) is 14.0. The first-order chi connectivity index (χ1) is 30.3. The SMILES string of the molecule is C1=CC(N(c2ccccc2-c2cccc3cccc(-c4ccccc4)c23)c2cccc3c4ccccc4n(-c4ccccc4)c23)=CC(c2cccc3c2oc2ccccc23)C1. The van der Waals surface area contributed by atoms with Gasteiger partial charge in [0, 0.05) is 50.0 Å². The molecule has 3 heteroatoms. The van der Waals surface area contributed by atoms with Gasteiger partial charge < -0.3 is 13.9 Å². The summed E-state index contributed by atoms with van der Waals surface area (Å²) in [5, 5.41) is 7.18. The Kier molecular flexibility index (Phi) is 8.31. The van der Waals surface area contributed by atoms with Gasteiger partial charge in [-0.15, -0.1) is 0 Å². The Labute approximate surface area is 354 Å². The molecule has 1 aliphatic rings. The van der Waals surface area contributed by atoms with Crippen molar-refractivity contribution >= 4 is 65.9 Å². The Morgan fingerprint density at radius 1 is 0.492 bits per heavy atom. The van der Waals surface area contributed by atoms with Gasteiger partial charge in [0.25, 0.3) is 0 Å². The van der Waals surface area contributed by atoms with Gasteiger partial charge in [-0.05, 0) is 76.4 Å². The number of hydrogen-bond acceptors (Lipinski definition) is 2. The van der Waals surface area contributed by atoms with Crippen LogP contribution in [-0.4, -0.2) is 4.57 Å². The van der Waals surface area contributed by atoms with E-state index in [0.717, 1.165) is 62.2 Å². The van der Waals surface area contributed by atoms with Crippen LogP contribution in [0.15, 0.2) is 235 Å². The minimum absolute atomic E-state index is 0.0837. The molecule has 0 spiro atoms. The van der Waals surface area contributed by atoms with E-state index in [9.17, 15) is 0 Å². The van der Waals surface area contributed by atoms with Gasteiger partial charge in [0.2, 0.25) is 0 Å². The second-order valence-corrected chi connectivity index (χ2v) is 15.9. The lowest BCUT2D eigenvalue weighted by Crippen LogP contribution is -2.19. The highest BCUT2D eigenvalue weighted by atomic mass is 16.3. The molecule has 0 saturated heterocycles. The second kappa shape index (κ2) is 14.4. The average Bonchev–Trinajstić information content (AvgIpc) is 3.89. The fourth-order valence-corrected chi connectivity index (χ4v) is 9.85. The van der Waals surface area contributed by atoms with Gasteiger partial charge in [-0.25, -0.2) is 0 Å². The zero-order chi connectivity index (χ0) is 40.3. The number of para-hydroxylation sites is 6. The fraction of sp³-hybridized carbons (Fsp3) is 0.0345. The van der Waals surface area contributed by atoms with Crippen LogP contribution in [0.1, 0.15) is 17.9 Å². The molecule has 9 aromatic carbocycles. The second-order valence-electron chi connectivity index (χ2n) is 15.9. The van der Waals surface area contributed by atoms with Crippen LogP contribution in [0.3, 0.4) is 0 Å². The van der Waals surface area contributed by atoms with Crippen LogP contribution in [0, 0.1) is 0 Å². The molecule has 1 atom stereocenters. The van der Waals surface area contributed by atoms with Crippen molar-refractivity contribution in [2.45, 2.75) is 12.3 Å². The summed E-state index contributed by atoms with van der Waals surface area (Å²) in [5.74, 6) is 0.0837. The molecule has 0 bridgehead atoms. The first-order valence-corrected chi connectivity index (χ1v) is 21.1. The van der Waals surface area contributed by atoms with E-state index in [1.165, 1.54) is 49.3 Å². The number of fused-ring (bicyclic) bond motifs is 7. The molecule has 0 N–H and O–H groups in total. The third-order valence-corrected chi connectivity index (χ3v) is 12.5. The Hall–Kier alpha value is -7.88. The molecule has 0 amide bonds. The molecule has 2 heterocycles. The van der Waals surface area contributed by atoms with Crippen LogP contribution < -0.4 is 4.90 Å². The van der Waals surface area contributed by atoms with Gasteiger partial charge >= 0.3 is 0 Å². The van der Waals surface area contributed by atoms with Crippen LogP contribution >= 0.6 is 0 Å². The molecule has 11 aromatic rings. The Balaban J connectivity index is 1.15. The van der Waals surface area contributed by atoms with Gasteiger partial charge in [0.1, 0.15) is 11.2 Å². The highest BCUT2D eigenvalue weighted by molar-refractivity contribution is 6.15. The summed E-state index contributed by atoms with van der Waals surface area (Å²) >= 11 is 0.